The molecule has 1 aliphatic rings. The minimum absolute atomic E-state index is 0.0192. The van der Waals surface area contributed by atoms with Crippen molar-refractivity contribution in [1.29, 1.82) is 0 Å². The molecule has 0 spiro atoms. The van der Waals surface area contributed by atoms with Gasteiger partial charge in [-0.2, -0.15) is 5.10 Å². The second-order valence-electron chi connectivity index (χ2n) is 5.70. The van der Waals surface area contributed by atoms with Gasteiger partial charge in [0.05, 0.1) is 12.3 Å². The topological polar surface area (TPSA) is 127 Å². The van der Waals surface area contributed by atoms with Gasteiger partial charge in [-0.25, -0.2) is 14.2 Å². The lowest BCUT2D eigenvalue weighted by Gasteiger charge is -2.20. The van der Waals surface area contributed by atoms with Gasteiger partial charge in [0.2, 0.25) is 5.91 Å². The minimum atomic E-state index is -0.877. The molecule has 0 saturated carbocycles. The fourth-order valence-corrected chi connectivity index (χ4v) is 3.17. The number of benzene rings is 1. The van der Waals surface area contributed by atoms with Crippen LogP contribution in [0, 0.1) is 5.82 Å². The van der Waals surface area contributed by atoms with Crippen LogP contribution in [-0.2, 0) is 14.3 Å². The Morgan fingerprint density at radius 1 is 1.36 bits per heavy atom. The standard InChI is InChI=1S/C17H16FN5O4S/c1-2-27-16(26)12-8-28-17(20-12)21-15(25)11-7-13(14(19)24)23(22-11)10-5-3-9(18)4-6-10/h3-6,8,13H,2,7H2,1H3,(H2,19,24)(H,20,21,25). The first kappa shape index (κ1) is 19.4. The summed E-state index contributed by atoms with van der Waals surface area (Å²) in [6, 6.07) is 4.42. The molecular formula is C17H16FN5O4S. The van der Waals surface area contributed by atoms with Crippen LogP contribution in [0.25, 0.3) is 0 Å². The van der Waals surface area contributed by atoms with E-state index in [-0.39, 0.29) is 29.6 Å². The molecule has 3 rings (SSSR count). The molecule has 0 fully saturated rings. The van der Waals surface area contributed by atoms with Crippen LogP contribution in [-0.4, -0.2) is 41.1 Å². The highest BCUT2D eigenvalue weighted by Gasteiger charge is 2.35. The molecule has 3 N–H and O–H groups in total. The van der Waals surface area contributed by atoms with Crippen molar-refractivity contribution < 1.29 is 23.5 Å². The van der Waals surface area contributed by atoms with Crippen LogP contribution >= 0.6 is 11.3 Å². The number of thiazole rings is 1. The number of nitrogens with two attached hydrogens (primary N) is 1. The van der Waals surface area contributed by atoms with Gasteiger partial charge < -0.3 is 10.5 Å². The van der Waals surface area contributed by atoms with Crippen molar-refractivity contribution in [2.75, 3.05) is 16.9 Å². The number of hydrogen-bond acceptors (Lipinski definition) is 8. The summed E-state index contributed by atoms with van der Waals surface area (Å²) >= 11 is 1.05. The fraction of sp³-hybridized carbons (Fsp3) is 0.235. The van der Waals surface area contributed by atoms with E-state index in [1.54, 1.807) is 6.92 Å². The molecular weight excluding hydrogens is 389 g/mol. The largest absolute Gasteiger partial charge is 0.461 e. The highest BCUT2D eigenvalue weighted by molar-refractivity contribution is 7.14. The summed E-state index contributed by atoms with van der Waals surface area (Å²) in [6.45, 7) is 1.88. The van der Waals surface area contributed by atoms with Crippen LogP contribution < -0.4 is 16.1 Å². The number of carbonyl (C=O) groups excluding carboxylic acids is 3. The number of anilines is 2. The predicted molar refractivity (Wildman–Crippen MR) is 101 cm³/mol. The van der Waals surface area contributed by atoms with Gasteiger partial charge in [-0.15, -0.1) is 11.3 Å². The molecule has 0 saturated heterocycles. The Bertz CT molecular complexity index is 943. The Labute approximate surface area is 163 Å². The van der Waals surface area contributed by atoms with E-state index in [1.165, 1.54) is 34.7 Å². The molecule has 146 valence electrons. The zero-order valence-corrected chi connectivity index (χ0v) is 15.5. The van der Waals surface area contributed by atoms with Gasteiger partial charge in [0.1, 0.15) is 17.6 Å². The predicted octanol–water partition coefficient (Wildman–Crippen LogP) is 1.52. The summed E-state index contributed by atoms with van der Waals surface area (Å²) in [6.07, 6.45) is -0.0192. The number of hydrogen-bond donors (Lipinski definition) is 2. The molecule has 2 heterocycles. The number of esters is 1. The maximum atomic E-state index is 13.1. The highest BCUT2D eigenvalue weighted by atomic mass is 32.1. The lowest BCUT2D eigenvalue weighted by Crippen LogP contribution is -2.39. The number of ether oxygens (including phenoxy) is 1. The Balaban J connectivity index is 1.76. The molecule has 1 aliphatic heterocycles. The van der Waals surface area contributed by atoms with Gasteiger partial charge in [0, 0.05) is 11.8 Å². The number of rotatable bonds is 6. The van der Waals surface area contributed by atoms with Crippen LogP contribution in [0.3, 0.4) is 0 Å². The van der Waals surface area contributed by atoms with E-state index in [9.17, 15) is 18.8 Å². The monoisotopic (exact) mass is 405 g/mol. The number of primary amides is 1. The highest BCUT2D eigenvalue weighted by Crippen LogP contribution is 2.25. The number of hydrazone groups is 1. The van der Waals surface area contributed by atoms with Crippen molar-refractivity contribution in [3.05, 3.63) is 41.2 Å². The van der Waals surface area contributed by atoms with Crippen molar-refractivity contribution in [3.8, 4) is 0 Å². The Kier molecular flexibility index (Phi) is 5.64. The van der Waals surface area contributed by atoms with Crippen LogP contribution in [0.5, 0.6) is 0 Å². The molecule has 0 bridgehead atoms. The first-order chi connectivity index (χ1) is 13.4. The van der Waals surface area contributed by atoms with E-state index < -0.39 is 29.6 Å². The Morgan fingerprint density at radius 2 is 2.07 bits per heavy atom. The number of halogens is 1. The minimum Gasteiger partial charge on any atom is -0.461 e. The number of nitrogens with zero attached hydrogens (tertiary/aromatic N) is 3. The number of amides is 2. The van der Waals surface area contributed by atoms with Gasteiger partial charge in [-0.3, -0.25) is 19.9 Å². The van der Waals surface area contributed by atoms with Gasteiger partial charge in [0.15, 0.2) is 10.8 Å². The van der Waals surface area contributed by atoms with Crippen LogP contribution in [0.2, 0.25) is 0 Å². The van der Waals surface area contributed by atoms with E-state index in [1.807, 2.05) is 0 Å². The second kappa shape index (κ2) is 8.13. The van der Waals surface area contributed by atoms with E-state index in [0.29, 0.717) is 5.69 Å². The summed E-state index contributed by atoms with van der Waals surface area (Å²) in [5.41, 5.74) is 5.98. The van der Waals surface area contributed by atoms with E-state index in [2.05, 4.69) is 15.4 Å². The Morgan fingerprint density at radius 3 is 2.71 bits per heavy atom. The van der Waals surface area contributed by atoms with Crippen LogP contribution in [0.15, 0.2) is 34.7 Å². The maximum Gasteiger partial charge on any atom is 0.357 e. The van der Waals surface area contributed by atoms with E-state index in [0.717, 1.165) is 11.3 Å². The van der Waals surface area contributed by atoms with Crippen molar-refractivity contribution in [2.24, 2.45) is 10.8 Å². The van der Waals surface area contributed by atoms with Gasteiger partial charge in [-0.1, -0.05) is 0 Å². The molecule has 11 heteroatoms. The number of carbonyl (C=O) groups is 3. The molecule has 0 aliphatic carbocycles. The van der Waals surface area contributed by atoms with Crippen LogP contribution in [0.1, 0.15) is 23.8 Å². The lowest BCUT2D eigenvalue weighted by atomic mass is 10.1. The third kappa shape index (κ3) is 4.14. The first-order valence-corrected chi connectivity index (χ1v) is 9.12. The summed E-state index contributed by atoms with van der Waals surface area (Å²) in [5, 5.41) is 9.62. The van der Waals surface area contributed by atoms with Gasteiger partial charge >= 0.3 is 5.97 Å². The van der Waals surface area contributed by atoms with Crippen molar-refractivity contribution >= 4 is 45.7 Å². The number of nitrogens with one attached hydrogen (secondary N) is 1. The van der Waals surface area contributed by atoms with Crippen LogP contribution in [0.4, 0.5) is 15.2 Å². The third-order valence-corrected chi connectivity index (χ3v) is 4.56. The smallest absolute Gasteiger partial charge is 0.357 e. The SMILES string of the molecule is CCOC(=O)c1csc(NC(=O)C2=NN(c3ccc(F)cc3)C(C(N)=O)C2)n1. The van der Waals surface area contributed by atoms with Gasteiger partial charge in [-0.05, 0) is 31.2 Å². The summed E-state index contributed by atoms with van der Waals surface area (Å²) in [5.74, 6) is -2.29. The average molecular weight is 405 g/mol. The fourth-order valence-electron chi connectivity index (χ4n) is 2.50. The summed E-state index contributed by atoms with van der Waals surface area (Å²) in [7, 11) is 0. The Hall–Kier alpha value is -3.34. The van der Waals surface area contributed by atoms with Gasteiger partial charge in [0.25, 0.3) is 5.91 Å². The molecule has 2 aromatic rings. The number of aromatic nitrogens is 1. The molecule has 1 aromatic heterocycles. The van der Waals surface area contributed by atoms with Crippen molar-refractivity contribution in [3.63, 3.8) is 0 Å². The van der Waals surface area contributed by atoms with E-state index in [4.69, 9.17) is 10.5 Å². The average Bonchev–Trinajstić information content (AvgIpc) is 3.30. The zero-order chi connectivity index (χ0) is 20.3. The third-order valence-electron chi connectivity index (χ3n) is 3.80. The van der Waals surface area contributed by atoms with Crippen molar-refractivity contribution in [2.45, 2.75) is 19.4 Å². The summed E-state index contributed by atoms with van der Waals surface area (Å²) < 4.78 is 18.0. The molecule has 2 amide bonds. The molecule has 1 aromatic carbocycles. The lowest BCUT2D eigenvalue weighted by molar-refractivity contribution is -0.119. The molecule has 1 unspecified atom stereocenters. The van der Waals surface area contributed by atoms with Crippen molar-refractivity contribution in [1.82, 2.24) is 4.98 Å². The zero-order valence-electron chi connectivity index (χ0n) is 14.7. The molecule has 9 nitrogen and oxygen atoms in total. The maximum absolute atomic E-state index is 13.1. The molecule has 1 atom stereocenters. The summed E-state index contributed by atoms with van der Waals surface area (Å²) in [4.78, 5) is 39.9. The molecule has 0 radical (unpaired) electrons. The first-order valence-electron chi connectivity index (χ1n) is 8.24. The normalized spacial score (nSPS) is 15.9. The quantitative estimate of drug-likeness (QED) is 0.702. The molecule has 28 heavy (non-hydrogen) atoms. The van der Waals surface area contributed by atoms with E-state index >= 15 is 0 Å². The second-order valence-corrected chi connectivity index (χ2v) is 6.56.